The Morgan fingerprint density at radius 1 is 1.38 bits per heavy atom. The van der Waals surface area contributed by atoms with Crippen LogP contribution in [0.15, 0.2) is 0 Å². The van der Waals surface area contributed by atoms with E-state index in [0.717, 1.165) is 0 Å². The lowest BCUT2D eigenvalue weighted by Gasteiger charge is -2.15. The van der Waals surface area contributed by atoms with E-state index in [1.165, 1.54) is 11.6 Å². The van der Waals surface area contributed by atoms with Crippen LogP contribution in [0.4, 0.5) is 5.69 Å². The second-order valence-corrected chi connectivity index (χ2v) is 5.35. The minimum atomic E-state index is -0.879. The molecule has 0 aliphatic heterocycles. The van der Waals surface area contributed by atoms with Crippen molar-refractivity contribution in [3.63, 3.8) is 0 Å². The van der Waals surface area contributed by atoms with Crippen LogP contribution in [0.3, 0.4) is 0 Å². The number of ether oxygens (including phenoxy) is 1. The zero-order valence-corrected chi connectivity index (χ0v) is 13.3. The topological polar surface area (TPSA) is 99.2 Å². The van der Waals surface area contributed by atoms with Gasteiger partial charge in [-0.2, -0.15) is 5.10 Å². The summed E-state index contributed by atoms with van der Waals surface area (Å²) in [6.07, 6.45) is -0.879. The molecule has 3 N–H and O–H groups in total. The van der Waals surface area contributed by atoms with Gasteiger partial charge in [0, 0.05) is 13.1 Å². The molecule has 1 aromatic heterocycles. The van der Waals surface area contributed by atoms with Crippen LogP contribution in [0.1, 0.15) is 43.9 Å². The summed E-state index contributed by atoms with van der Waals surface area (Å²) >= 11 is 0. The first-order valence-corrected chi connectivity index (χ1v) is 7.09. The number of esters is 1. The van der Waals surface area contributed by atoms with E-state index < -0.39 is 12.1 Å². The second kappa shape index (κ2) is 7.10. The minimum absolute atomic E-state index is 0.193. The minimum Gasteiger partial charge on any atom is -0.448 e. The van der Waals surface area contributed by atoms with Crippen LogP contribution in [0.25, 0.3) is 0 Å². The van der Waals surface area contributed by atoms with Gasteiger partial charge in [-0.1, -0.05) is 13.8 Å². The van der Waals surface area contributed by atoms with E-state index in [1.54, 1.807) is 6.92 Å². The predicted octanol–water partition coefficient (Wildman–Crippen LogP) is 1.11. The molecule has 0 aliphatic rings. The smallest absolute Gasteiger partial charge is 0.359 e. The van der Waals surface area contributed by atoms with Crippen molar-refractivity contribution in [2.75, 3.05) is 12.3 Å². The van der Waals surface area contributed by atoms with Crippen LogP contribution >= 0.6 is 0 Å². The molecule has 0 aromatic carbocycles. The fourth-order valence-corrected chi connectivity index (χ4v) is 1.76. The molecule has 0 radical (unpaired) electrons. The SMILES string of the molecule is CCn1nc(C)c(N)c1C(=O)OC(C)C(=O)NCC(C)C. The maximum absolute atomic E-state index is 12.2. The molecule has 1 rings (SSSR count). The largest absolute Gasteiger partial charge is 0.448 e. The molecule has 0 saturated heterocycles. The number of nitrogen functional groups attached to an aromatic ring is 1. The molecular weight excluding hydrogens is 272 g/mol. The molecule has 0 saturated carbocycles. The van der Waals surface area contributed by atoms with Crippen LogP contribution in [0.5, 0.6) is 0 Å². The molecule has 1 unspecified atom stereocenters. The van der Waals surface area contributed by atoms with Crippen LogP contribution in [0.2, 0.25) is 0 Å². The number of nitrogens with zero attached hydrogens (tertiary/aromatic N) is 2. The fraction of sp³-hybridized carbons (Fsp3) is 0.643. The highest BCUT2D eigenvalue weighted by Crippen LogP contribution is 2.18. The Balaban J connectivity index is 2.75. The molecule has 0 spiro atoms. The summed E-state index contributed by atoms with van der Waals surface area (Å²) in [5.74, 6) is -0.631. The van der Waals surface area contributed by atoms with Crippen LogP contribution in [-0.2, 0) is 16.1 Å². The van der Waals surface area contributed by atoms with Crippen molar-refractivity contribution >= 4 is 17.6 Å². The van der Waals surface area contributed by atoms with E-state index in [1.807, 2.05) is 20.8 Å². The predicted molar refractivity (Wildman–Crippen MR) is 79.8 cm³/mol. The van der Waals surface area contributed by atoms with Gasteiger partial charge >= 0.3 is 5.97 Å². The Hall–Kier alpha value is -2.05. The number of rotatable bonds is 6. The summed E-state index contributed by atoms with van der Waals surface area (Å²) in [7, 11) is 0. The first-order chi connectivity index (χ1) is 9.77. The lowest BCUT2D eigenvalue weighted by Crippen LogP contribution is -2.38. The molecule has 118 valence electrons. The highest BCUT2D eigenvalue weighted by atomic mass is 16.5. The van der Waals surface area contributed by atoms with E-state index >= 15 is 0 Å². The second-order valence-electron chi connectivity index (χ2n) is 5.35. The van der Waals surface area contributed by atoms with Crippen molar-refractivity contribution in [3.05, 3.63) is 11.4 Å². The standard InChI is InChI=1S/C14H24N4O3/c1-6-18-12(11(15)9(4)17-18)14(20)21-10(5)13(19)16-7-8(2)3/h8,10H,6-7,15H2,1-5H3,(H,16,19). The first kappa shape index (κ1) is 17.0. The quantitative estimate of drug-likeness (QED) is 0.766. The highest BCUT2D eigenvalue weighted by molar-refractivity contribution is 5.95. The number of aromatic nitrogens is 2. The van der Waals surface area contributed by atoms with Gasteiger partial charge in [-0.05, 0) is 26.7 Å². The zero-order chi connectivity index (χ0) is 16.2. The molecule has 0 bridgehead atoms. The van der Waals surface area contributed by atoms with Crippen molar-refractivity contribution in [2.45, 2.75) is 47.3 Å². The van der Waals surface area contributed by atoms with Gasteiger partial charge in [-0.15, -0.1) is 0 Å². The van der Waals surface area contributed by atoms with E-state index in [4.69, 9.17) is 10.5 Å². The Morgan fingerprint density at radius 3 is 2.52 bits per heavy atom. The maximum Gasteiger partial charge on any atom is 0.359 e. The number of carbonyl (C=O) groups is 2. The van der Waals surface area contributed by atoms with Crippen molar-refractivity contribution < 1.29 is 14.3 Å². The van der Waals surface area contributed by atoms with Crippen molar-refractivity contribution in [1.82, 2.24) is 15.1 Å². The van der Waals surface area contributed by atoms with Crippen LogP contribution in [-0.4, -0.2) is 34.3 Å². The molecule has 1 heterocycles. The number of carbonyl (C=O) groups excluding carboxylic acids is 2. The number of hydrogen-bond donors (Lipinski definition) is 2. The summed E-state index contributed by atoms with van der Waals surface area (Å²) in [5.41, 5.74) is 6.90. The normalized spacial score (nSPS) is 12.3. The molecular formula is C14H24N4O3. The summed E-state index contributed by atoms with van der Waals surface area (Å²) in [4.78, 5) is 24.0. The van der Waals surface area contributed by atoms with E-state index in [-0.39, 0.29) is 17.3 Å². The summed E-state index contributed by atoms with van der Waals surface area (Å²) in [6, 6.07) is 0. The average molecular weight is 296 g/mol. The van der Waals surface area contributed by atoms with E-state index in [9.17, 15) is 9.59 Å². The molecule has 0 fully saturated rings. The lowest BCUT2D eigenvalue weighted by atomic mass is 10.2. The zero-order valence-electron chi connectivity index (χ0n) is 13.3. The van der Waals surface area contributed by atoms with Crippen molar-refractivity contribution in [2.24, 2.45) is 5.92 Å². The van der Waals surface area contributed by atoms with Crippen LogP contribution in [0, 0.1) is 12.8 Å². The number of amides is 1. The van der Waals surface area contributed by atoms with Gasteiger partial charge in [0.05, 0.1) is 11.4 Å². The Morgan fingerprint density at radius 2 is 2.00 bits per heavy atom. The summed E-state index contributed by atoms with van der Waals surface area (Å²) < 4.78 is 6.65. The van der Waals surface area contributed by atoms with Gasteiger partial charge in [0.1, 0.15) is 0 Å². The van der Waals surface area contributed by atoms with Gasteiger partial charge in [-0.25, -0.2) is 4.79 Å². The third kappa shape index (κ3) is 4.21. The number of hydrogen-bond acceptors (Lipinski definition) is 5. The fourth-order valence-electron chi connectivity index (χ4n) is 1.76. The third-order valence-electron chi connectivity index (χ3n) is 3.00. The highest BCUT2D eigenvalue weighted by Gasteiger charge is 2.25. The van der Waals surface area contributed by atoms with Gasteiger partial charge in [0.25, 0.3) is 5.91 Å². The molecule has 7 nitrogen and oxygen atoms in total. The summed E-state index contributed by atoms with van der Waals surface area (Å²) in [5, 5.41) is 6.87. The number of nitrogens with two attached hydrogens (primary N) is 1. The molecule has 21 heavy (non-hydrogen) atoms. The molecule has 1 amide bonds. The van der Waals surface area contributed by atoms with Gasteiger partial charge in [-0.3, -0.25) is 9.48 Å². The van der Waals surface area contributed by atoms with E-state index in [2.05, 4.69) is 10.4 Å². The number of anilines is 1. The van der Waals surface area contributed by atoms with Crippen molar-refractivity contribution in [1.29, 1.82) is 0 Å². The van der Waals surface area contributed by atoms with Gasteiger partial charge < -0.3 is 15.8 Å². The lowest BCUT2D eigenvalue weighted by molar-refractivity contribution is -0.129. The first-order valence-electron chi connectivity index (χ1n) is 7.09. The van der Waals surface area contributed by atoms with Crippen molar-refractivity contribution in [3.8, 4) is 0 Å². The molecule has 1 aromatic rings. The Bertz CT molecular complexity index is 523. The van der Waals surface area contributed by atoms with Gasteiger partial charge in [0.15, 0.2) is 11.8 Å². The third-order valence-corrected chi connectivity index (χ3v) is 3.00. The molecule has 0 aliphatic carbocycles. The van der Waals surface area contributed by atoms with Crippen LogP contribution < -0.4 is 11.1 Å². The molecule has 1 atom stereocenters. The maximum atomic E-state index is 12.2. The van der Waals surface area contributed by atoms with E-state index in [0.29, 0.717) is 24.7 Å². The Labute approximate surface area is 124 Å². The monoisotopic (exact) mass is 296 g/mol. The Kier molecular flexibility index (Phi) is 5.75. The number of aryl methyl sites for hydroxylation is 2. The molecule has 7 heteroatoms. The average Bonchev–Trinajstić information content (AvgIpc) is 2.71. The number of nitrogens with one attached hydrogen (secondary N) is 1. The summed E-state index contributed by atoms with van der Waals surface area (Å²) in [6.45, 7) is 10.1. The van der Waals surface area contributed by atoms with Gasteiger partial charge in [0.2, 0.25) is 0 Å².